The van der Waals surface area contributed by atoms with E-state index in [4.69, 9.17) is 14.6 Å². The van der Waals surface area contributed by atoms with E-state index in [-0.39, 0.29) is 0 Å². The maximum absolute atomic E-state index is 10.5. The molecule has 0 aliphatic rings. The largest absolute Gasteiger partial charge is 0.490 e. The number of rotatable bonds is 6. The van der Waals surface area contributed by atoms with Crippen LogP contribution < -0.4 is 9.47 Å². The highest BCUT2D eigenvalue weighted by Gasteiger charge is 2.05. The van der Waals surface area contributed by atoms with Gasteiger partial charge in [-0.15, -0.1) is 0 Å². The minimum atomic E-state index is -1.01. The number of ether oxygens (including phenoxy) is 2. The van der Waals surface area contributed by atoms with Gasteiger partial charge in [-0.05, 0) is 36.8 Å². The predicted molar refractivity (Wildman–Crippen MR) is 78.6 cm³/mol. The molecule has 0 saturated heterocycles. The lowest BCUT2D eigenvalue weighted by molar-refractivity contribution is -0.131. The van der Waals surface area contributed by atoms with Crippen LogP contribution in [0, 0.1) is 0 Å². The molecule has 0 aliphatic heterocycles. The summed E-state index contributed by atoms with van der Waals surface area (Å²) in [5.41, 5.74) is 0.642. The van der Waals surface area contributed by atoms with Gasteiger partial charge in [0.2, 0.25) is 0 Å². The summed E-state index contributed by atoms with van der Waals surface area (Å²) in [6.45, 7) is 2.44. The molecule has 1 N–H and O–H groups in total. The second kappa shape index (κ2) is 7.09. The van der Waals surface area contributed by atoms with Crippen molar-refractivity contribution in [3.05, 3.63) is 54.4 Å². The van der Waals surface area contributed by atoms with Gasteiger partial charge in [0.25, 0.3) is 0 Å². The monoisotopic (exact) mass is 285 g/mol. The molecule has 5 nitrogen and oxygen atoms in total. The molecule has 2 aromatic rings. The average molecular weight is 285 g/mol. The van der Waals surface area contributed by atoms with Crippen molar-refractivity contribution in [2.45, 2.75) is 6.92 Å². The molecule has 0 unspecified atom stereocenters. The summed E-state index contributed by atoms with van der Waals surface area (Å²) in [7, 11) is 0. The second-order valence-electron chi connectivity index (χ2n) is 4.11. The Balaban J connectivity index is 2.20. The Labute approximate surface area is 122 Å². The van der Waals surface area contributed by atoms with Crippen LogP contribution in [0.4, 0.5) is 0 Å². The Kier molecular flexibility index (Phi) is 4.93. The molecule has 0 fully saturated rings. The lowest BCUT2D eigenvalue weighted by Crippen LogP contribution is -1.95. The first kappa shape index (κ1) is 14.6. The first-order valence-electron chi connectivity index (χ1n) is 6.45. The van der Waals surface area contributed by atoms with E-state index in [1.807, 2.05) is 25.1 Å². The number of carboxylic acid groups (broad SMARTS) is 1. The van der Waals surface area contributed by atoms with Crippen LogP contribution in [0.1, 0.15) is 12.5 Å². The van der Waals surface area contributed by atoms with Crippen molar-refractivity contribution in [3.8, 4) is 17.2 Å². The number of hydrogen-bond donors (Lipinski definition) is 1. The number of carbonyl (C=O) groups is 1. The molecule has 0 amide bonds. The van der Waals surface area contributed by atoms with E-state index in [1.54, 1.807) is 24.5 Å². The van der Waals surface area contributed by atoms with Crippen LogP contribution in [0.25, 0.3) is 6.08 Å². The molecule has 0 radical (unpaired) electrons. The highest BCUT2D eigenvalue weighted by atomic mass is 16.5. The molecule has 21 heavy (non-hydrogen) atoms. The van der Waals surface area contributed by atoms with E-state index in [2.05, 4.69) is 4.98 Å². The van der Waals surface area contributed by atoms with E-state index >= 15 is 0 Å². The quantitative estimate of drug-likeness (QED) is 0.824. The number of benzene rings is 1. The van der Waals surface area contributed by atoms with Crippen molar-refractivity contribution in [1.29, 1.82) is 0 Å². The minimum absolute atomic E-state index is 0.509. The van der Waals surface area contributed by atoms with E-state index in [1.165, 1.54) is 6.08 Å². The fourth-order valence-corrected chi connectivity index (χ4v) is 1.69. The average Bonchev–Trinajstić information content (AvgIpc) is 2.48. The predicted octanol–water partition coefficient (Wildman–Crippen LogP) is 3.37. The van der Waals surface area contributed by atoms with Gasteiger partial charge in [-0.25, -0.2) is 4.79 Å². The molecule has 5 heteroatoms. The Morgan fingerprint density at radius 1 is 1.29 bits per heavy atom. The Bertz CT molecular complexity index is 652. The Morgan fingerprint density at radius 3 is 2.76 bits per heavy atom. The zero-order valence-electron chi connectivity index (χ0n) is 11.5. The SMILES string of the molecule is CCOc1ccccc1Oc1cncc(/C=C/C(=O)O)c1. The summed E-state index contributed by atoms with van der Waals surface area (Å²) in [6.07, 6.45) is 5.62. The molecular weight excluding hydrogens is 270 g/mol. The van der Waals surface area contributed by atoms with E-state index in [0.717, 1.165) is 6.08 Å². The molecule has 0 spiro atoms. The summed E-state index contributed by atoms with van der Waals surface area (Å²) in [6, 6.07) is 9.03. The van der Waals surface area contributed by atoms with Crippen molar-refractivity contribution in [1.82, 2.24) is 4.98 Å². The first-order valence-corrected chi connectivity index (χ1v) is 6.45. The summed E-state index contributed by atoms with van der Waals surface area (Å²) < 4.78 is 11.2. The topological polar surface area (TPSA) is 68.7 Å². The van der Waals surface area contributed by atoms with Crippen LogP contribution in [0.15, 0.2) is 48.8 Å². The highest BCUT2D eigenvalue weighted by molar-refractivity contribution is 5.85. The van der Waals surface area contributed by atoms with E-state index in [0.29, 0.717) is 29.4 Å². The second-order valence-corrected chi connectivity index (χ2v) is 4.11. The molecule has 2 rings (SSSR count). The maximum atomic E-state index is 10.5. The van der Waals surface area contributed by atoms with Crippen molar-refractivity contribution < 1.29 is 19.4 Å². The third-order valence-electron chi connectivity index (χ3n) is 2.53. The van der Waals surface area contributed by atoms with Gasteiger partial charge in [0, 0.05) is 12.3 Å². The van der Waals surface area contributed by atoms with E-state index in [9.17, 15) is 4.79 Å². The Hall–Kier alpha value is -2.82. The molecular formula is C16H15NO4. The minimum Gasteiger partial charge on any atom is -0.490 e. The zero-order chi connectivity index (χ0) is 15.1. The van der Waals surface area contributed by atoms with Crippen LogP contribution in [-0.4, -0.2) is 22.7 Å². The molecule has 1 heterocycles. The lowest BCUT2D eigenvalue weighted by atomic mass is 10.2. The summed E-state index contributed by atoms with van der Waals surface area (Å²) >= 11 is 0. The van der Waals surface area contributed by atoms with Gasteiger partial charge >= 0.3 is 5.97 Å². The van der Waals surface area contributed by atoms with Gasteiger partial charge in [0.05, 0.1) is 12.8 Å². The van der Waals surface area contributed by atoms with Gasteiger partial charge < -0.3 is 14.6 Å². The first-order chi connectivity index (χ1) is 10.2. The van der Waals surface area contributed by atoms with Crippen LogP contribution in [0.5, 0.6) is 17.2 Å². The maximum Gasteiger partial charge on any atom is 0.328 e. The number of carboxylic acids is 1. The highest BCUT2D eigenvalue weighted by Crippen LogP contribution is 2.31. The van der Waals surface area contributed by atoms with Crippen molar-refractivity contribution >= 4 is 12.0 Å². The third kappa shape index (κ3) is 4.35. The molecule has 0 aliphatic carbocycles. The molecule has 108 valence electrons. The van der Waals surface area contributed by atoms with Crippen LogP contribution in [0.3, 0.4) is 0 Å². The summed E-state index contributed by atoms with van der Waals surface area (Å²) in [5, 5.41) is 8.62. The summed E-state index contributed by atoms with van der Waals surface area (Å²) in [5.74, 6) is 0.727. The number of hydrogen-bond acceptors (Lipinski definition) is 4. The van der Waals surface area contributed by atoms with E-state index < -0.39 is 5.97 Å². The number of aromatic nitrogens is 1. The lowest BCUT2D eigenvalue weighted by Gasteiger charge is -2.11. The van der Waals surface area contributed by atoms with Crippen molar-refractivity contribution in [2.24, 2.45) is 0 Å². The Morgan fingerprint density at radius 2 is 2.05 bits per heavy atom. The number of para-hydroxylation sites is 2. The molecule has 1 aromatic carbocycles. The molecule has 0 bridgehead atoms. The van der Waals surface area contributed by atoms with Crippen molar-refractivity contribution in [3.63, 3.8) is 0 Å². The van der Waals surface area contributed by atoms with Crippen LogP contribution >= 0.6 is 0 Å². The fraction of sp³-hybridized carbons (Fsp3) is 0.125. The molecule has 0 atom stereocenters. The van der Waals surface area contributed by atoms with Gasteiger partial charge in [-0.1, -0.05) is 12.1 Å². The smallest absolute Gasteiger partial charge is 0.328 e. The van der Waals surface area contributed by atoms with Gasteiger partial charge in [0.15, 0.2) is 11.5 Å². The number of pyridine rings is 1. The molecule has 0 saturated carbocycles. The van der Waals surface area contributed by atoms with Gasteiger partial charge in [-0.3, -0.25) is 4.98 Å². The molecule has 1 aromatic heterocycles. The van der Waals surface area contributed by atoms with Crippen LogP contribution in [0.2, 0.25) is 0 Å². The number of aliphatic carboxylic acids is 1. The third-order valence-corrected chi connectivity index (χ3v) is 2.53. The van der Waals surface area contributed by atoms with Gasteiger partial charge in [0.1, 0.15) is 5.75 Å². The van der Waals surface area contributed by atoms with Crippen molar-refractivity contribution in [2.75, 3.05) is 6.61 Å². The van der Waals surface area contributed by atoms with Gasteiger partial charge in [-0.2, -0.15) is 0 Å². The standard InChI is InChI=1S/C16H15NO4/c1-2-20-14-5-3-4-6-15(14)21-13-9-12(10-17-11-13)7-8-16(18)19/h3-11H,2H2,1H3,(H,18,19)/b8-7+. The zero-order valence-corrected chi connectivity index (χ0v) is 11.5. The normalized spacial score (nSPS) is 10.5. The fourth-order valence-electron chi connectivity index (χ4n) is 1.69. The number of nitrogens with zero attached hydrogens (tertiary/aromatic N) is 1. The summed E-state index contributed by atoms with van der Waals surface area (Å²) in [4.78, 5) is 14.5. The van der Waals surface area contributed by atoms with Crippen LogP contribution in [-0.2, 0) is 4.79 Å².